The van der Waals surface area contributed by atoms with Gasteiger partial charge >= 0.3 is 5.97 Å². The molecule has 0 rings (SSSR count). The molecule has 18 heavy (non-hydrogen) atoms. The van der Waals surface area contributed by atoms with Crippen molar-refractivity contribution in [3.8, 4) is 0 Å². The highest BCUT2D eigenvalue weighted by molar-refractivity contribution is 5.75. The first-order valence-corrected chi connectivity index (χ1v) is 6.77. The lowest BCUT2D eigenvalue weighted by Crippen LogP contribution is -2.45. The van der Waals surface area contributed by atoms with Crippen LogP contribution in [-0.4, -0.2) is 35.9 Å². The third-order valence-electron chi connectivity index (χ3n) is 3.38. The monoisotopic (exact) mass is 259 g/mol. The molecular formula is C14H29NO3. The molecule has 0 aliphatic rings. The van der Waals surface area contributed by atoms with E-state index in [1.807, 2.05) is 20.8 Å². The molecule has 0 bridgehead atoms. The quantitative estimate of drug-likeness (QED) is 0.687. The molecule has 0 spiro atoms. The van der Waals surface area contributed by atoms with Gasteiger partial charge < -0.3 is 15.2 Å². The van der Waals surface area contributed by atoms with E-state index in [2.05, 4.69) is 19.2 Å². The molecule has 0 aliphatic heterocycles. The summed E-state index contributed by atoms with van der Waals surface area (Å²) in [6.45, 7) is 12.2. The van der Waals surface area contributed by atoms with Crippen molar-refractivity contribution in [3.63, 3.8) is 0 Å². The van der Waals surface area contributed by atoms with Crippen LogP contribution in [0.1, 0.15) is 54.4 Å². The Balaban J connectivity index is 4.32. The molecule has 0 radical (unpaired) electrons. The summed E-state index contributed by atoms with van der Waals surface area (Å²) < 4.78 is 5.30. The van der Waals surface area contributed by atoms with Gasteiger partial charge in [-0.05, 0) is 40.5 Å². The third kappa shape index (κ3) is 5.83. The normalized spacial score (nSPS) is 14.4. The molecule has 2 N–H and O–H groups in total. The number of esters is 1. The van der Waals surface area contributed by atoms with Crippen molar-refractivity contribution in [1.29, 1.82) is 0 Å². The lowest BCUT2D eigenvalue weighted by atomic mass is 9.83. The van der Waals surface area contributed by atoms with Gasteiger partial charge in [-0.25, -0.2) is 0 Å². The molecule has 0 aromatic carbocycles. The molecule has 1 unspecified atom stereocenters. The van der Waals surface area contributed by atoms with Crippen molar-refractivity contribution in [2.75, 3.05) is 13.2 Å². The highest BCUT2D eigenvalue weighted by Gasteiger charge is 2.28. The molecule has 0 aromatic heterocycles. The summed E-state index contributed by atoms with van der Waals surface area (Å²) in [6, 6.07) is -0.353. The lowest BCUT2D eigenvalue weighted by Gasteiger charge is -2.31. The van der Waals surface area contributed by atoms with Gasteiger partial charge in [0.1, 0.15) is 11.6 Å². The predicted molar refractivity (Wildman–Crippen MR) is 73.4 cm³/mol. The maximum Gasteiger partial charge on any atom is 0.323 e. The van der Waals surface area contributed by atoms with Crippen LogP contribution in [0.5, 0.6) is 0 Å². The predicted octanol–water partition coefficient (Wildman–Crippen LogP) is 2.10. The van der Waals surface area contributed by atoms with E-state index in [9.17, 15) is 9.90 Å². The van der Waals surface area contributed by atoms with E-state index in [1.165, 1.54) is 0 Å². The Bertz CT molecular complexity index is 246. The van der Waals surface area contributed by atoms with Crippen LogP contribution >= 0.6 is 0 Å². The average molecular weight is 259 g/mol. The summed E-state index contributed by atoms with van der Waals surface area (Å²) >= 11 is 0. The van der Waals surface area contributed by atoms with E-state index in [-0.39, 0.29) is 24.0 Å². The van der Waals surface area contributed by atoms with Crippen LogP contribution in [0.15, 0.2) is 0 Å². The lowest BCUT2D eigenvalue weighted by molar-refractivity contribution is -0.157. The zero-order valence-electron chi connectivity index (χ0n) is 12.7. The van der Waals surface area contributed by atoms with Gasteiger partial charge in [0, 0.05) is 18.6 Å². The molecule has 4 heteroatoms. The first kappa shape index (κ1) is 17.4. The molecule has 0 aromatic rings. The number of ether oxygens (including phenoxy) is 1. The van der Waals surface area contributed by atoms with Crippen LogP contribution in [0.3, 0.4) is 0 Å². The number of rotatable bonds is 7. The zero-order chi connectivity index (χ0) is 14.4. The molecule has 0 saturated carbocycles. The van der Waals surface area contributed by atoms with Gasteiger partial charge in [-0.3, -0.25) is 4.79 Å². The van der Waals surface area contributed by atoms with Crippen molar-refractivity contribution >= 4 is 5.97 Å². The molecule has 0 heterocycles. The van der Waals surface area contributed by atoms with Gasteiger partial charge in [-0.15, -0.1) is 0 Å². The smallest absolute Gasteiger partial charge is 0.323 e. The maximum absolute atomic E-state index is 11.8. The summed E-state index contributed by atoms with van der Waals surface area (Å²) in [6.07, 6.45) is 1.77. The van der Waals surface area contributed by atoms with Gasteiger partial charge in [0.05, 0.1) is 0 Å². The topological polar surface area (TPSA) is 58.6 Å². The molecule has 0 amide bonds. The Labute approximate surface area is 111 Å². The van der Waals surface area contributed by atoms with Gasteiger partial charge in [0.2, 0.25) is 0 Å². The van der Waals surface area contributed by atoms with Crippen molar-refractivity contribution in [2.45, 2.75) is 66.0 Å². The standard InChI is InChI=1S/C14H29NO3/c1-7-14(8-2,10-16)9-15-11(3)12(17)18-13(4,5)6/h11,15-16H,7-10H2,1-6H3. The fourth-order valence-corrected chi connectivity index (χ4v) is 1.62. The number of hydrogen-bond donors (Lipinski definition) is 2. The number of nitrogens with one attached hydrogen (secondary N) is 1. The summed E-state index contributed by atoms with van der Waals surface area (Å²) in [5.41, 5.74) is -0.604. The SMILES string of the molecule is CCC(CC)(CO)CNC(C)C(=O)OC(C)(C)C. The fraction of sp³-hybridized carbons (Fsp3) is 0.929. The Morgan fingerprint density at radius 2 is 1.78 bits per heavy atom. The average Bonchev–Trinajstić information content (AvgIpc) is 2.29. The van der Waals surface area contributed by atoms with Crippen molar-refractivity contribution in [1.82, 2.24) is 5.32 Å². The van der Waals surface area contributed by atoms with E-state index in [0.717, 1.165) is 12.8 Å². The summed E-state index contributed by atoms with van der Waals surface area (Å²) in [4.78, 5) is 11.8. The van der Waals surface area contributed by atoms with Crippen molar-refractivity contribution in [2.24, 2.45) is 5.41 Å². The summed E-state index contributed by atoms with van der Waals surface area (Å²) in [5, 5.41) is 12.6. The van der Waals surface area contributed by atoms with Crippen LogP contribution in [0.25, 0.3) is 0 Å². The van der Waals surface area contributed by atoms with Gasteiger partial charge in [0.15, 0.2) is 0 Å². The molecular weight excluding hydrogens is 230 g/mol. The number of hydrogen-bond acceptors (Lipinski definition) is 4. The molecule has 4 nitrogen and oxygen atoms in total. The minimum Gasteiger partial charge on any atom is -0.459 e. The third-order valence-corrected chi connectivity index (χ3v) is 3.38. The highest BCUT2D eigenvalue weighted by Crippen LogP contribution is 2.24. The van der Waals surface area contributed by atoms with Crippen LogP contribution < -0.4 is 5.32 Å². The first-order valence-electron chi connectivity index (χ1n) is 6.77. The van der Waals surface area contributed by atoms with Crippen LogP contribution in [-0.2, 0) is 9.53 Å². The fourth-order valence-electron chi connectivity index (χ4n) is 1.62. The van der Waals surface area contributed by atoms with E-state index < -0.39 is 5.60 Å². The van der Waals surface area contributed by atoms with Crippen LogP contribution in [0.2, 0.25) is 0 Å². The maximum atomic E-state index is 11.8. The molecule has 0 saturated heterocycles. The zero-order valence-corrected chi connectivity index (χ0v) is 12.7. The number of carbonyl (C=O) groups excluding carboxylic acids is 1. The Morgan fingerprint density at radius 3 is 2.11 bits per heavy atom. The van der Waals surface area contributed by atoms with Gasteiger partial charge in [0.25, 0.3) is 0 Å². The van der Waals surface area contributed by atoms with Crippen molar-refractivity contribution in [3.05, 3.63) is 0 Å². The minimum absolute atomic E-state index is 0.133. The Kier molecular flexibility index (Phi) is 6.86. The minimum atomic E-state index is -0.462. The molecule has 108 valence electrons. The van der Waals surface area contributed by atoms with Crippen LogP contribution in [0.4, 0.5) is 0 Å². The van der Waals surface area contributed by atoms with E-state index in [1.54, 1.807) is 6.92 Å². The van der Waals surface area contributed by atoms with E-state index in [0.29, 0.717) is 6.54 Å². The Hall–Kier alpha value is -0.610. The highest BCUT2D eigenvalue weighted by atomic mass is 16.6. The second kappa shape index (κ2) is 7.10. The molecule has 0 aliphatic carbocycles. The summed E-state index contributed by atoms with van der Waals surface area (Å²) in [5.74, 6) is -0.249. The van der Waals surface area contributed by atoms with Gasteiger partial charge in [-0.2, -0.15) is 0 Å². The van der Waals surface area contributed by atoms with Crippen molar-refractivity contribution < 1.29 is 14.6 Å². The molecule has 1 atom stereocenters. The first-order chi connectivity index (χ1) is 8.19. The number of aliphatic hydroxyl groups is 1. The molecule has 0 fully saturated rings. The summed E-state index contributed by atoms with van der Waals surface area (Å²) in [7, 11) is 0. The van der Waals surface area contributed by atoms with E-state index in [4.69, 9.17) is 4.74 Å². The van der Waals surface area contributed by atoms with Crippen LogP contribution in [0, 0.1) is 5.41 Å². The number of carbonyl (C=O) groups is 1. The second-order valence-corrected chi connectivity index (χ2v) is 6.00. The number of aliphatic hydroxyl groups excluding tert-OH is 1. The Morgan fingerprint density at radius 1 is 1.28 bits per heavy atom. The van der Waals surface area contributed by atoms with Gasteiger partial charge in [-0.1, -0.05) is 13.8 Å². The largest absolute Gasteiger partial charge is 0.459 e. The second-order valence-electron chi connectivity index (χ2n) is 6.00. The van der Waals surface area contributed by atoms with E-state index >= 15 is 0 Å².